The van der Waals surface area contributed by atoms with Crippen LogP contribution in [0.2, 0.25) is 0 Å². The van der Waals surface area contributed by atoms with Crippen LogP contribution < -0.4 is 15.4 Å². The van der Waals surface area contributed by atoms with E-state index in [1.165, 1.54) is 5.56 Å². The Bertz CT molecular complexity index is 606. The molecule has 122 valence electrons. The molecule has 4 nitrogen and oxygen atoms in total. The Morgan fingerprint density at radius 1 is 1.00 bits per heavy atom. The molecule has 0 radical (unpaired) electrons. The molecule has 0 heterocycles. The van der Waals surface area contributed by atoms with Crippen molar-refractivity contribution in [2.24, 2.45) is 4.99 Å². The van der Waals surface area contributed by atoms with Gasteiger partial charge in [-0.05, 0) is 37.1 Å². The maximum absolute atomic E-state index is 5.75. The van der Waals surface area contributed by atoms with Crippen LogP contribution in [0.4, 0.5) is 0 Å². The van der Waals surface area contributed by atoms with Crippen molar-refractivity contribution in [3.05, 3.63) is 65.7 Å². The van der Waals surface area contributed by atoms with E-state index in [1.807, 2.05) is 30.3 Å². The zero-order chi connectivity index (χ0) is 16.5. The fourth-order valence-electron chi connectivity index (χ4n) is 2.09. The molecule has 0 unspecified atom stereocenters. The van der Waals surface area contributed by atoms with Crippen LogP contribution in [-0.4, -0.2) is 19.0 Å². The zero-order valence-electron chi connectivity index (χ0n) is 14.0. The number of aliphatic imine (C=N–C) groups is 1. The second-order valence-corrected chi connectivity index (χ2v) is 5.64. The maximum atomic E-state index is 5.75. The van der Waals surface area contributed by atoms with Gasteiger partial charge in [0.2, 0.25) is 0 Å². The van der Waals surface area contributed by atoms with Crippen molar-refractivity contribution < 1.29 is 4.74 Å². The Hall–Kier alpha value is -2.49. The molecule has 2 aromatic carbocycles. The number of hydrogen-bond donors (Lipinski definition) is 2. The molecule has 0 atom stereocenters. The Morgan fingerprint density at radius 3 is 2.26 bits per heavy atom. The number of hydrogen-bond acceptors (Lipinski definition) is 2. The van der Waals surface area contributed by atoms with Gasteiger partial charge in [-0.25, -0.2) is 0 Å². The molecule has 0 bridgehead atoms. The van der Waals surface area contributed by atoms with E-state index in [1.54, 1.807) is 7.05 Å². The average Bonchev–Trinajstić information content (AvgIpc) is 2.58. The van der Waals surface area contributed by atoms with Crippen LogP contribution in [0.1, 0.15) is 25.0 Å². The monoisotopic (exact) mass is 311 g/mol. The fraction of sp³-hybridized carbons (Fsp3) is 0.316. The number of rotatable bonds is 6. The summed E-state index contributed by atoms with van der Waals surface area (Å²) in [4.78, 5) is 4.20. The van der Waals surface area contributed by atoms with E-state index < -0.39 is 0 Å². The number of para-hydroxylation sites is 1. The van der Waals surface area contributed by atoms with Crippen molar-refractivity contribution in [3.63, 3.8) is 0 Å². The Morgan fingerprint density at radius 2 is 1.65 bits per heavy atom. The summed E-state index contributed by atoms with van der Waals surface area (Å²) in [5.74, 6) is 1.71. The summed E-state index contributed by atoms with van der Waals surface area (Å²) in [7, 11) is 1.78. The highest BCUT2D eigenvalue weighted by molar-refractivity contribution is 5.79. The molecule has 0 aliphatic rings. The number of guanidine groups is 1. The molecule has 0 amide bonds. The lowest BCUT2D eigenvalue weighted by molar-refractivity contribution is 0.306. The van der Waals surface area contributed by atoms with Gasteiger partial charge in [-0.15, -0.1) is 0 Å². The summed E-state index contributed by atoms with van der Waals surface area (Å²) < 4.78 is 5.75. The Balaban J connectivity index is 1.82. The molecule has 2 N–H and O–H groups in total. The first kappa shape index (κ1) is 16.9. The molecular weight excluding hydrogens is 286 g/mol. The minimum absolute atomic E-state index is 0.360. The molecule has 2 rings (SSSR count). The van der Waals surface area contributed by atoms with Gasteiger partial charge in [-0.1, -0.05) is 42.5 Å². The Labute approximate surface area is 138 Å². The minimum atomic E-state index is 0.360. The molecule has 0 saturated heterocycles. The van der Waals surface area contributed by atoms with Crippen LogP contribution in [0.5, 0.6) is 5.75 Å². The number of nitrogens with zero attached hydrogens (tertiary/aromatic N) is 1. The molecule has 0 aliphatic carbocycles. The molecule has 0 aromatic heterocycles. The molecule has 0 saturated carbocycles. The second kappa shape index (κ2) is 8.83. The van der Waals surface area contributed by atoms with E-state index in [0.717, 1.165) is 23.8 Å². The lowest BCUT2D eigenvalue weighted by atomic mass is 10.1. The van der Waals surface area contributed by atoms with Gasteiger partial charge in [0.15, 0.2) is 5.96 Å². The van der Waals surface area contributed by atoms with Crippen LogP contribution in [-0.2, 0) is 13.2 Å². The molecular formula is C19H25N3O. The van der Waals surface area contributed by atoms with Crippen molar-refractivity contribution >= 4 is 5.96 Å². The zero-order valence-corrected chi connectivity index (χ0v) is 14.0. The molecule has 0 fully saturated rings. The van der Waals surface area contributed by atoms with E-state index in [-0.39, 0.29) is 0 Å². The molecule has 23 heavy (non-hydrogen) atoms. The van der Waals surface area contributed by atoms with Gasteiger partial charge >= 0.3 is 0 Å². The van der Waals surface area contributed by atoms with Crippen LogP contribution in [0.15, 0.2) is 59.6 Å². The highest BCUT2D eigenvalue weighted by Crippen LogP contribution is 2.12. The summed E-state index contributed by atoms with van der Waals surface area (Å²) >= 11 is 0. The largest absolute Gasteiger partial charge is 0.489 e. The third-order valence-corrected chi connectivity index (χ3v) is 3.28. The van der Waals surface area contributed by atoms with E-state index in [9.17, 15) is 0 Å². The molecule has 4 heteroatoms. The van der Waals surface area contributed by atoms with E-state index >= 15 is 0 Å². The number of nitrogens with one attached hydrogen (secondary N) is 2. The van der Waals surface area contributed by atoms with Crippen molar-refractivity contribution in [2.75, 3.05) is 7.05 Å². The van der Waals surface area contributed by atoms with Gasteiger partial charge in [-0.2, -0.15) is 0 Å². The van der Waals surface area contributed by atoms with E-state index in [2.05, 4.69) is 53.7 Å². The van der Waals surface area contributed by atoms with Gasteiger partial charge in [0.25, 0.3) is 0 Å². The van der Waals surface area contributed by atoms with Crippen LogP contribution in [0.25, 0.3) is 0 Å². The van der Waals surface area contributed by atoms with Crippen molar-refractivity contribution in [3.8, 4) is 5.75 Å². The molecule has 0 spiro atoms. The van der Waals surface area contributed by atoms with Crippen LogP contribution >= 0.6 is 0 Å². The van der Waals surface area contributed by atoms with Gasteiger partial charge in [0.05, 0.1) is 0 Å². The normalized spacial score (nSPS) is 11.4. The average molecular weight is 311 g/mol. The Kier molecular flexibility index (Phi) is 6.48. The van der Waals surface area contributed by atoms with Crippen molar-refractivity contribution in [2.45, 2.75) is 33.0 Å². The first-order chi connectivity index (χ1) is 11.2. The van der Waals surface area contributed by atoms with Gasteiger partial charge < -0.3 is 15.4 Å². The fourth-order valence-corrected chi connectivity index (χ4v) is 2.09. The van der Waals surface area contributed by atoms with Gasteiger partial charge in [-0.3, -0.25) is 4.99 Å². The minimum Gasteiger partial charge on any atom is -0.489 e. The summed E-state index contributed by atoms with van der Waals surface area (Å²) in [5, 5.41) is 6.57. The summed E-state index contributed by atoms with van der Waals surface area (Å²) in [6.45, 7) is 5.50. The van der Waals surface area contributed by atoms with Crippen LogP contribution in [0.3, 0.4) is 0 Å². The predicted molar refractivity (Wildman–Crippen MR) is 95.7 cm³/mol. The number of ether oxygens (including phenoxy) is 1. The van der Waals surface area contributed by atoms with Crippen LogP contribution in [0, 0.1) is 0 Å². The lowest BCUT2D eigenvalue weighted by Gasteiger charge is -2.14. The predicted octanol–water partition coefficient (Wildman–Crippen LogP) is 3.34. The summed E-state index contributed by atoms with van der Waals surface area (Å²) in [6.07, 6.45) is 0. The quantitative estimate of drug-likeness (QED) is 0.635. The maximum Gasteiger partial charge on any atom is 0.191 e. The smallest absolute Gasteiger partial charge is 0.191 e. The third kappa shape index (κ3) is 6.02. The van der Waals surface area contributed by atoms with Gasteiger partial charge in [0.1, 0.15) is 12.4 Å². The SMILES string of the molecule is CN=C(NCc1ccc(COc2ccccc2)cc1)NC(C)C. The van der Waals surface area contributed by atoms with E-state index in [0.29, 0.717) is 12.6 Å². The first-order valence-electron chi connectivity index (χ1n) is 7.90. The van der Waals surface area contributed by atoms with Crippen molar-refractivity contribution in [1.29, 1.82) is 0 Å². The van der Waals surface area contributed by atoms with Gasteiger partial charge in [0, 0.05) is 19.6 Å². The van der Waals surface area contributed by atoms with E-state index in [4.69, 9.17) is 4.74 Å². The summed E-state index contributed by atoms with van der Waals surface area (Å²) in [6, 6.07) is 18.6. The third-order valence-electron chi connectivity index (χ3n) is 3.28. The topological polar surface area (TPSA) is 45.7 Å². The highest BCUT2D eigenvalue weighted by atomic mass is 16.5. The van der Waals surface area contributed by atoms with Crippen molar-refractivity contribution in [1.82, 2.24) is 10.6 Å². The number of benzene rings is 2. The lowest BCUT2D eigenvalue weighted by Crippen LogP contribution is -2.40. The standard InChI is InChI=1S/C19H25N3O/c1-15(2)22-19(20-3)21-13-16-9-11-17(12-10-16)14-23-18-7-5-4-6-8-18/h4-12,15H,13-14H2,1-3H3,(H2,20,21,22). The second-order valence-electron chi connectivity index (χ2n) is 5.64. The summed E-state index contributed by atoms with van der Waals surface area (Å²) in [5.41, 5.74) is 2.36. The molecule has 0 aliphatic heterocycles. The highest BCUT2D eigenvalue weighted by Gasteiger charge is 2.01. The first-order valence-corrected chi connectivity index (χ1v) is 7.90. The molecule has 2 aromatic rings.